The van der Waals surface area contributed by atoms with E-state index >= 15 is 0 Å². The summed E-state index contributed by atoms with van der Waals surface area (Å²) >= 11 is 0. The molecule has 1 rings (SSSR count). The van der Waals surface area contributed by atoms with Crippen molar-refractivity contribution in [2.24, 2.45) is 0 Å². The molecule has 94 valence electrons. The molecule has 0 amide bonds. The average Bonchev–Trinajstić information content (AvgIpc) is 2.29. The SMILES string of the molecule is CCOC(=O)C(C)NC1CCCC(OC)C1. The van der Waals surface area contributed by atoms with E-state index in [4.69, 9.17) is 9.47 Å². The molecule has 1 fully saturated rings. The van der Waals surface area contributed by atoms with E-state index in [-0.39, 0.29) is 12.0 Å². The predicted molar refractivity (Wildman–Crippen MR) is 62.3 cm³/mol. The standard InChI is InChI=1S/C12H23NO3/c1-4-16-12(14)9(2)13-10-6-5-7-11(8-10)15-3/h9-11,13H,4-8H2,1-3H3. The number of esters is 1. The molecule has 0 bridgehead atoms. The fraction of sp³-hybridized carbons (Fsp3) is 0.917. The molecule has 0 saturated heterocycles. The molecule has 1 aliphatic carbocycles. The number of methoxy groups -OCH3 is 1. The molecule has 0 aromatic heterocycles. The van der Waals surface area contributed by atoms with Crippen LogP contribution in [0.15, 0.2) is 0 Å². The quantitative estimate of drug-likeness (QED) is 0.725. The van der Waals surface area contributed by atoms with Gasteiger partial charge in [-0.2, -0.15) is 0 Å². The van der Waals surface area contributed by atoms with Gasteiger partial charge in [-0.1, -0.05) is 0 Å². The third-order valence-electron chi connectivity index (χ3n) is 3.09. The minimum atomic E-state index is -0.222. The molecule has 1 aliphatic rings. The maximum absolute atomic E-state index is 11.5. The van der Waals surface area contributed by atoms with Gasteiger partial charge in [0.1, 0.15) is 6.04 Å². The van der Waals surface area contributed by atoms with Crippen molar-refractivity contribution in [3.63, 3.8) is 0 Å². The van der Waals surface area contributed by atoms with Crippen LogP contribution in [0.5, 0.6) is 0 Å². The lowest BCUT2D eigenvalue weighted by atomic mass is 9.92. The van der Waals surface area contributed by atoms with Crippen LogP contribution in [0.2, 0.25) is 0 Å². The number of ether oxygens (including phenoxy) is 2. The summed E-state index contributed by atoms with van der Waals surface area (Å²) in [5, 5.41) is 3.31. The van der Waals surface area contributed by atoms with E-state index < -0.39 is 0 Å². The van der Waals surface area contributed by atoms with E-state index in [1.54, 1.807) is 7.11 Å². The summed E-state index contributed by atoms with van der Waals surface area (Å²) in [4.78, 5) is 11.5. The maximum atomic E-state index is 11.5. The topological polar surface area (TPSA) is 47.6 Å². The highest BCUT2D eigenvalue weighted by atomic mass is 16.5. The van der Waals surface area contributed by atoms with Crippen LogP contribution in [0, 0.1) is 0 Å². The lowest BCUT2D eigenvalue weighted by molar-refractivity contribution is -0.145. The Kier molecular flexibility index (Phi) is 5.77. The van der Waals surface area contributed by atoms with Gasteiger partial charge in [-0.15, -0.1) is 0 Å². The van der Waals surface area contributed by atoms with E-state index in [0.29, 0.717) is 18.8 Å². The number of hydrogen-bond acceptors (Lipinski definition) is 4. The lowest BCUT2D eigenvalue weighted by Gasteiger charge is -2.30. The Bertz CT molecular complexity index is 220. The number of carbonyl (C=O) groups is 1. The van der Waals surface area contributed by atoms with E-state index in [9.17, 15) is 4.79 Å². The normalized spacial score (nSPS) is 27.4. The van der Waals surface area contributed by atoms with E-state index in [1.165, 1.54) is 0 Å². The van der Waals surface area contributed by atoms with Crippen molar-refractivity contribution in [2.45, 2.75) is 57.7 Å². The smallest absolute Gasteiger partial charge is 0.322 e. The zero-order chi connectivity index (χ0) is 12.0. The summed E-state index contributed by atoms with van der Waals surface area (Å²) in [5.41, 5.74) is 0. The zero-order valence-electron chi connectivity index (χ0n) is 10.5. The molecule has 0 radical (unpaired) electrons. The summed E-state index contributed by atoms with van der Waals surface area (Å²) in [6.45, 7) is 4.12. The second-order valence-corrected chi connectivity index (χ2v) is 4.36. The molecular weight excluding hydrogens is 206 g/mol. The molecule has 0 spiro atoms. The van der Waals surface area contributed by atoms with Crippen molar-refractivity contribution in [1.29, 1.82) is 0 Å². The summed E-state index contributed by atoms with van der Waals surface area (Å²) in [7, 11) is 1.75. The highest BCUT2D eigenvalue weighted by Crippen LogP contribution is 2.20. The van der Waals surface area contributed by atoms with Gasteiger partial charge in [-0.05, 0) is 39.5 Å². The van der Waals surface area contributed by atoms with Crippen LogP contribution < -0.4 is 5.32 Å². The molecule has 0 aromatic carbocycles. The molecule has 1 N–H and O–H groups in total. The van der Waals surface area contributed by atoms with Gasteiger partial charge in [0.15, 0.2) is 0 Å². The molecule has 1 saturated carbocycles. The largest absolute Gasteiger partial charge is 0.465 e. The van der Waals surface area contributed by atoms with Gasteiger partial charge in [0.25, 0.3) is 0 Å². The molecule has 16 heavy (non-hydrogen) atoms. The summed E-state index contributed by atoms with van der Waals surface area (Å²) in [6.07, 6.45) is 4.72. The molecule has 0 aromatic rings. The average molecular weight is 229 g/mol. The Balaban J connectivity index is 2.32. The van der Waals surface area contributed by atoms with Crippen LogP contribution in [-0.2, 0) is 14.3 Å². The Morgan fingerprint density at radius 2 is 2.25 bits per heavy atom. The number of rotatable bonds is 5. The molecule has 3 unspecified atom stereocenters. The Hall–Kier alpha value is -0.610. The van der Waals surface area contributed by atoms with Crippen LogP contribution in [0.25, 0.3) is 0 Å². The van der Waals surface area contributed by atoms with E-state index in [0.717, 1.165) is 25.7 Å². The van der Waals surface area contributed by atoms with E-state index in [1.807, 2.05) is 13.8 Å². The number of nitrogens with one attached hydrogen (secondary N) is 1. The third kappa shape index (κ3) is 4.10. The predicted octanol–water partition coefficient (Wildman–Crippen LogP) is 1.49. The molecule has 0 heterocycles. The van der Waals surface area contributed by atoms with Crippen LogP contribution >= 0.6 is 0 Å². The monoisotopic (exact) mass is 229 g/mol. The minimum Gasteiger partial charge on any atom is -0.465 e. The van der Waals surface area contributed by atoms with Crippen molar-refractivity contribution in [1.82, 2.24) is 5.32 Å². The van der Waals surface area contributed by atoms with Crippen molar-refractivity contribution >= 4 is 5.97 Å². The second-order valence-electron chi connectivity index (χ2n) is 4.36. The van der Waals surface area contributed by atoms with Gasteiger partial charge in [0.05, 0.1) is 12.7 Å². The fourth-order valence-electron chi connectivity index (χ4n) is 2.20. The van der Waals surface area contributed by atoms with Crippen molar-refractivity contribution in [3.8, 4) is 0 Å². The lowest BCUT2D eigenvalue weighted by Crippen LogP contribution is -2.45. The van der Waals surface area contributed by atoms with Crippen molar-refractivity contribution in [3.05, 3.63) is 0 Å². The van der Waals surface area contributed by atoms with Crippen LogP contribution in [0.1, 0.15) is 39.5 Å². The Labute approximate surface area is 97.7 Å². The first-order chi connectivity index (χ1) is 7.67. The molecule has 0 aliphatic heterocycles. The number of carbonyl (C=O) groups excluding carboxylic acids is 1. The summed E-state index contributed by atoms with van der Waals surface area (Å²) in [6, 6.07) is 0.152. The minimum absolute atomic E-state index is 0.165. The van der Waals surface area contributed by atoms with Crippen molar-refractivity contribution in [2.75, 3.05) is 13.7 Å². The Morgan fingerprint density at radius 3 is 2.88 bits per heavy atom. The van der Waals surface area contributed by atoms with Gasteiger partial charge < -0.3 is 14.8 Å². The molecule has 3 atom stereocenters. The molecular formula is C12H23NO3. The Morgan fingerprint density at radius 1 is 1.50 bits per heavy atom. The van der Waals surface area contributed by atoms with Gasteiger partial charge in [-0.3, -0.25) is 4.79 Å². The summed E-state index contributed by atoms with van der Waals surface area (Å²) in [5.74, 6) is -0.165. The molecule has 4 heteroatoms. The highest BCUT2D eigenvalue weighted by Gasteiger charge is 2.25. The first-order valence-electron chi connectivity index (χ1n) is 6.12. The van der Waals surface area contributed by atoms with Gasteiger partial charge >= 0.3 is 5.97 Å². The van der Waals surface area contributed by atoms with Crippen LogP contribution in [-0.4, -0.2) is 37.9 Å². The van der Waals surface area contributed by atoms with Crippen LogP contribution in [0.3, 0.4) is 0 Å². The van der Waals surface area contributed by atoms with E-state index in [2.05, 4.69) is 5.32 Å². The van der Waals surface area contributed by atoms with Crippen LogP contribution in [0.4, 0.5) is 0 Å². The van der Waals surface area contributed by atoms with Gasteiger partial charge in [0.2, 0.25) is 0 Å². The van der Waals surface area contributed by atoms with Gasteiger partial charge in [0, 0.05) is 13.2 Å². The van der Waals surface area contributed by atoms with Gasteiger partial charge in [-0.25, -0.2) is 0 Å². The maximum Gasteiger partial charge on any atom is 0.322 e. The molecule has 4 nitrogen and oxygen atoms in total. The fourth-order valence-corrected chi connectivity index (χ4v) is 2.20. The first kappa shape index (κ1) is 13.5. The first-order valence-corrected chi connectivity index (χ1v) is 6.12. The highest BCUT2D eigenvalue weighted by molar-refractivity contribution is 5.75. The zero-order valence-corrected chi connectivity index (χ0v) is 10.5. The summed E-state index contributed by atoms with van der Waals surface area (Å²) < 4.78 is 10.3. The number of hydrogen-bond donors (Lipinski definition) is 1. The third-order valence-corrected chi connectivity index (χ3v) is 3.09. The van der Waals surface area contributed by atoms with Crippen molar-refractivity contribution < 1.29 is 14.3 Å². The second kappa shape index (κ2) is 6.86.